The summed E-state index contributed by atoms with van der Waals surface area (Å²) in [6, 6.07) is -1.94. The van der Waals surface area contributed by atoms with Crippen LogP contribution in [0.15, 0.2) is 11.8 Å². The molecule has 0 spiro atoms. The maximum Gasteiger partial charge on any atom is 0.322 e. The van der Waals surface area contributed by atoms with Crippen molar-refractivity contribution < 1.29 is 39.5 Å². The van der Waals surface area contributed by atoms with E-state index in [9.17, 15) is 24.6 Å². The Morgan fingerprint density at radius 2 is 2.00 bits per heavy atom. The lowest BCUT2D eigenvalue weighted by Crippen LogP contribution is -2.62. The largest absolute Gasteiger partial charge is 0.480 e. The first kappa shape index (κ1) is 19.8. The summed E-state index contributed by atoms with van der Waals surface area (Å²) in [4.78, 5) is 33.6. The van der Waals surface area contributed by atoms with Crippen LogP contribution in [0.5, 0.6) is 0 Å². The van der Waals surface area contributed by atoms with Crippen LogP contribution in [0.25, 0.3) is 0 Å². The molecule has 0 bridgehead atoms. The van der Waals surface area contributed by atoms with Crippen LogP contribution in [0.2, 0.25) is 0 Å². The van der Waals surface area contributed by atoms with Crippen molar-refractivity contribution in [2.75, 3.05) is 13.2 Å². The molecule has 8 N–H and O–H groups in total. The van der Waals surface area contributed by atoms with Gasteiger partial charge in [-0.15, -0.1) is 0 Å². The molecule has 0 aliphatic carbocycles. The van der Waals surface area contributed by atoms with Crippen LogP contribution >= 0.6 is 0 Å². The predicted molar refractivity (Wildman–Crippen MR) is 78.3 cm³/mol. The van der Waals surface area contributed by atoms with Crippen LogP contribution in [0, 0.1) is 0 Å². The number of hydrogen-bond acceptors (Lipinski definition) is 8. The van der Waals surface area contributed by atoms with Gasteiger partial charge in [-0.1, -0.05) is 0 Å². The zero-order valence-corrected chi connectivity index (χ0v) is 12.9. The molecule has 1 rings (SSSR count). The summed E-state index contributed by atoms with van der Waals surface area (Å²) in [5, 5.41) is 41.7. The van der Waals surface area contributed by atoms with Crippen molar-refractivity contribution in [3.63, 3.8) is 0 Å². The first-order valence-electron chi connectivity index (χ1n) is 7.05. The van der Waals surface area contributed by atoms with Crippen molar-refractivity contribution in [2.24, 2.45) is 5.73 Å². The minimum absolute atomic E-state index is 0.362. The van der Waals surface area contributed by atoms with Gasteiger partial charge in [-0.3, -0.25) is 14.4 Å². The second kappa shape index (κ2) is 8.59. The molecule has 11 nitrogen and oxygen atoms in total. The van der Waals surface area contributed by atoms with E-state index in [0.29, 0.717) is 0 Å². The first-order valence-corrected chi connectivity index (χ1v) is 7.05. The highest BCUT2D eigenvalue weighted by atomic mass is 16.5. The molecule has 0 unspecified atom stereocenters. The Hall–Kier alpha value is -2.21. The number of aliphatic hydroxyl groups excluding tert-OH is 3. The molecule has 0 aromatic rings. The molecule has 11 heteroatoms. The number of nitrogens with one attached hydrogen (secondary N) is 2. The van der Waals surface area contributed by atoms with Crippen LogP contribution in [-0.4, -0.2) is 81.8 Å². The summed E-state index contributed by atoms with van der Waals surface area (Å²) in [6.07, 6.45) is -3.43. The lowest BCUT2D eigenvalue weighted by molar-refractivity contribution is -0.140. The van der Waals surface area contributed by atoms with Crippen LogP contribution in [0.4, 0.5) is 0 Å². The summed E-state index contributed by atoms with van der Waals surface area (Å²) in [6.45, 7) is -0.235. The summed E-state index contributed by atoms with van der Waals surface area (Å²) in [5.41, 5.74) is 5.86. The molecule has 136 valence electrons. The maximum absolute atomic E-state index is 11.9. The number of amides is 2. The van der Waals surface area contributed by atoms with Crippen LogP contribution < -0.4 is 16.4 Å². The standard InChI is InChI=1S/C13H21N3O8/c1-5(18)16-10-6(14)2-8(13(23)15-3-9(20)21)24-12(10)11(22)7(19)4-17/h2,6-7,10-12,17,19,22H,3-4,14H2,1H3,(H,15,23)(H,16,18)(H,20,21)/t6-,7+,10+,11+,12+/m0/s1. The van der Waals surface area contributed by atoms with Gasteiger partial charge in [0.2, 0.25) is 5.91 Å². The SMILES string of the molecule is CC(=O)N[C@H]1[C@H]([C@H](O)[C@H](O)CO)OC(C(=O)NCC(=O)O)=C[C@@H]1N. The van der Waals surface area contributed by atoms with Crippen molar-refractivity contribution in [1.29, 1.82) is 0 Å². The van der Waals surface area contributed by atoms with Gasteiger partial charge in [0.25, 0.3) is 5.91 Å². The van der Waals surface area contributed by atoms with E-state index >= 15 is 0 Å². The maximum atomic E-state index is 11.9. The molecule has 0 saturated heterocycles. The van der Waals surface area contributed by atoms with Crippen molar-refractivity contribution >= 4 is 17.8 Å². The molecule has 1 heterocycles. The molecular formula is C13H21N3O8. The first-order chi connectivity index (χ1) is 11.2. The lowest BCUT2D eigenvalue weighted by Gasteiger charge is -2.39. The van der Waals surface area contributed by atoms with Gasteiger partial charge >= 0.3 is 5.97 Å². The Kier molecular flexibility index (Phi) is 7.10. The number of carbonyl (C=O) groups excluding carboxylic acids is 2. The van der Waals surface area contributed by atoms with Gasteiger partial charge in [0, 0.05) is 6.92 Å². The second-order valence-corrected chi connectivity index (χ2v) is 5.23. The number of carboxylic acid groups (broad SMARTS) is 1. The monoisotopic (exact) mass is 347 g/mol. The Morgan fingerprint density at radius 3 is 2.50 bits per heavy atom. The summed E-state index contributed by atoms with van der Waals surface area (Å²) < 4.78 is 5.29. The van der Waals surface area contributed by atoms with Crippen LogP contribution in [0.1, 0.15) is 6.92 Å². The molecule has 5 atom stereocenters. The zero-order chi connectivity index (χ0) is 18.4. The van der Waals surface area contributed by atoms with E-state index in [1.54, 1.807) is 0 Å². The lowest BCUT2D eigenvalue weighted by atomic mass is 9.92. The zero-order valence-electron chi connectivity index (χ0n) is 12.9. The summed E-state index contributed by atoms with van der Waals surface area (Å²) in [5.74, 6) is -3.00. The molecule has 1 aliphatic rings. The topological polar surface area (TPSA) is 191 Å². The van der Waals surface area contributed by atoms with E-state index in [-0.39, 0.29) is 5.76 Å². The number of aliphatic carboxylic acids is 1. The van der Waals surface area contributed by atoms with Gasteiger partial charge in [0.05, 0.1) is 18.7 Å². The Labute approximate surface area is 137 Å². The fourth-order valence-corrected chi connectivity index (χ4v) is 2.15. The molecular weight excluding hydrogens is 326 g/mol. The van der Waals surface area contributed by atoms with Gasteiger partial charge in [-0.25, -0.2) is 0 Å². The van der Waals surface area contributed by atoms with Gasteiger partial charge in [0.1, 0.15) is 24.9 Å². The molecule has 0 radical (unpaired) electrons. The molecule has 0 fully saturated rings. The van der Waals surface area contributed by atoms with Crippen molar-refractivity contribution in [3.8, 4) is 0 Å². The average Bonchev–Trinajstić information content (AvgIpc) is 2.52. The van der Waals surface area contributed by atoms with Gasteiger partial charge < -0.3 is 41.5 Å². The molecule has 1 aliphatic heterocycles. The van der Waals surface area contributed by atoms with Crippen molar-refractivity contribution in [3.05, 3.63) is 11.8 Å². The number of ether oxygens (including phenoxy) is 1. The number of hydrogen-bond donors (Lipinski definition) is 7. The van der Waals surface area contributed by atoms with Crippen molar-refractivity contribution in [2.45, 2.75) is 37.3 Å². The third-order valence-corrected chi connectivity index (χ3v) is 3.29. The predicted octanol–water partition coefficient (Wildman–Crippen LogP) is -3.98. The van der Waals surface area contributed by atoms with Gasteiger partial charge in [0.15, 0.2) is 5.76 Å². The molecule has 2 amide bonds. The Bertz CT molecular complexity index is 523. The molecule has 24 heavy (non-hydrogen) atoms. The fraction of sp³-hybridized carbons (Fsp3) is 0.615. The highest BCUT2D eigenvalue weighted by molar-refractivity contribution is 5.93. The number of aliphatic hydroxyl groups is 3. The normalized spacial score (nSPS) is 25.7. The number of nitrogens with two attached hydrogens (primary N) is 1. The Balaban J connectivity index is 3.00. The van der Waals surface area contributed by atoms with Crippen molar-refractivity contribution in [1.82, 2.24) is 10.6 Å². The minimum Gasteiger partial charge on any atom is -0.480 e. The molecule has 0 saturated carbocycles. The van der Waals surface area contributed by atoms with E-state index < -0.39 is 61.3 Å². The van der Waals surface area contributed by atoms with E-state index in [4.69, 9.17) is 20.7 Å². The van der Waals surface area contributed by atoms with Crippen LogP contribution in [-0.2, 0) is 19.1 Å². The summed E-state index contributed by atoms with van der Waals surface area (Å²) in [7, 11) is 0. The van der Waals surface area contributed by atoms with E-state index in [1.807, 2.05) is 0 Å². The fourth-order valence-electron chi connectivity index (χ4n) is 2.15. The molecule has 0 aromatic carbocycles. The minimum atomic E-state index is -1.66. The van der Waals surface area contributed by atoms with Gasteiger partial charge in [-0.2, -0.15) is 0 Å². The average molecular weight is 347 g/mol. The van der Waals surface area contributed by atoms with Gasteiger partial charge in [-0.05, 0) is 6.08 Å². The number of rotatable bonds is 7. The summed E-state index contributed by atoms with van der Waals surface area (Å²) >= 11 is 0. The number of carboxylic acids is 1. The Morgan fingerprint density at radius 1 is 1.38 bits per heavy atom. The third-order valence-electron chi connectivity index (χ3n) is 3.29. The highest BCUT2D eigenvalue weighted by Crippen LogP contribution is 2.22. The van der Waals surface area contributed by atoms with Crippen LogP contribution in [0.3, 0.4) is 0 Å². The highest BCUT2D eigenvalue weighted by Gasteiger charge is 2.42. The smallest absolute Gasteiger partial charge is 0.322 e. The number of carbonyl (C=O) groups is 3. The van der Waals surface area contributed by atoms with E-state index in [0.717, 1.165) is 6.08 Å². The van der Waals surface area contributed by atoms with E-state index in [1.165, 1.54) is 6.92 Å². The van der Waals surface area contributed by atoms with E-state index in [2.05, 4.69) is 10.6 Å². The quantitative estimate of drug-likeness (QED) is 0.240. The third kappa shape index (κ3) is 5.16. The molecule has 0 aromatic heterocycles. The second-order valence-electron chi connectivity index (χ2n) is 5.23.